The van der Waals surface area contributed by atoms with Crippen LogP contribution in [0.3, 0.4) is 0 Å². The molecule has 1 amide bonds. The summed E-state index contributed by atoms with van der Waals surface area (Å²) in [5.41, 5.74) is 1.36. The molecule has 0 fully saturated rings. The predicted molar refractivity (Wildman–Crippen MR) is 91.0 cm³/mol. The first-order chi connectivity index (χ1) is 11.4. The Morgan fingerprint density at radius 2 is 1.96 bits per heavy atom. The van der Waals surface area contributed by atoms with E-state index in [1.165, 1.54) is 0 Å². The number of ether oxygens (including phenoxy) is 2. The number of hydrogen-bond donors (Lipinski definition) is 1. The van der Waals surface area contributed by atoms with Gasteiger partial charge in [-0.15, -0.1) is 0 Å². The first kappa shape index (κ1) is 17.8. The third-order valence-corrected chi connectivity index (χ3v) is 3.15. The standard InChI is InChI=1S/C18H24N2O4/c1-5-14-15(13-9-7-6-8-10-13)24-20-16(14)22-12-11-19-17(21)23-18(2,3)4/h6-10H,5,11-12H2,1-4H3,(H,19,21). The van der Waals surface area contributed by atoms with Gasteiger partial charge in [-0.25, -0.2) is 4.79 Å². The van der Waals surface area contributed by atoms with Gasteiger partial charge in [0.05, 0.1) is 12.1 Å². The van der Waals surface area contributed by atoms with Crippen molar-refractivity contribution < 1.29 is 18.8 Å². The van der Waals surface area contributed by atoms with Gasteiger partial charge < -0.3 is 19.3 Å². The van der Waals surface area contributed by atoms with Crippen molar-refractivity contribution in [2.75, 3.05) is 13.2 Å². The number of carbonyl (C=O) groups is 1. The van der Waals surface area contributed by atoms with Crippen LogP contribution in [0, 0.1) is 0 Å². The van der Waals surface area contributed by atoms with E-state index in [9.17, 15) is 4.79 Å². The van der Waals surface area contributed by atoms with Crippen LogP contribution in [-0.4, -0.2) is 30.0 Å². The van der Waals surface area contributed by atoms with Gasteiger partial charge in [-0.05, 0) is 32.3 Å². The van der Waals surface area contributed by atoms with Crippen LogP contribution < -0.4 is 10.1 Å². The van der Waals surface area contributed by atoms with Gasteiger partial charge in [0.1, 0.15) is 12.2 Å². The van der Waals surface area contributed by atoms with Crippen molar-refractivity contribution in [2.45, 2.75) is 39.7 Å². The summed E-state index contributed by atoms with van der Waals surface area (Å²) in [6.45, 7) is 8.08. The topological polar surface area (TPSA) is 73.6 Å². The lowest BCUT2D eigenvalue weighted by molar-refractivity contribution is 0.0519. The maximum atomic E-state index is 11.6. The molecule has 0 saturated heterocycles. The van der Waals surface area contributed by atoms with E-state index in [2.05, 4.69) is 10.5 Å². The smallest absolute Gasteiger partial charge is 0.407 e. The molecule has 6 nitrogen and oxygen atoms in total. The van der Waals surface area contributed by atoms with E-state index in [4.69, 9.17) is 14.0 Å². The first-order valence-electron chi connectivity index (χ1n) is 8.04. The molecular weight excluding hydrogens is 308 g/mol. The molecule has 2 rings (SSSR count). The number of amides is 1. The third kappa shape index (κ3) is 5.01. The van der Waals surface area contributed by atoms with Crippen molar-refractivity contribution in [3.63, 3.8) is 0 Å². The molecule has 1 aromatic carbocycles. The van der Waals surface area contributed by atoms with Gasteiger partial charge in [-0.3, -0.25) is 0 Å². The quantitative estimate of drug-likeness (QED) is 0.814. The Labute approximate surface area is 142 Å². The molecule has 0 spiro atoms. The van der Waals surface area contributed by atoms with E-state index in [-0.39, 0.29) is 6.61 Å². The highest BCUT2D eigenvalue weighted by atomic mass is 16.6. The molecule has 0 unspecified atom stereocenters. The Balaban J connectivity index is 1.90. The summed E-state index contributed by atoms with van der Waals surface area (Å²) < 4.78 is 16.2. The highest BCUT2D eigenvalue weighted by molar-refractivity contribution is 5.67. The van der Waals surface area contributed by atoms with E-state index in [1.807, 2.05) is 58.0 Å². The Hall–Kier alpha value is -2.50. The maximum Gasteiger partial charge on any atom is 0.407 e. The Morgan fingerprint density at radius 3 is 2.58 bits per heavy atom. The normalized spacial score (nSPS) is 11.2. The van der Waals surface area contributed by atoms with E-state index in [0.29, 0.717) is 18.2 Å². The number of nitrogens with one attached hydrogen (secondary N) is 1. The van der Waals surface area contributed by atoms with Crippen LogP contribution in [0.25, 0.3) is 11.3 Å². The summed E-state index contributed by atoms with van der Waals surface area (Å²) in [5, 5.41) is 6.64. The zero-order valence-corrected chi connectivity index (χ0v) is 14.6. The molecule has 0 radical (unpaired) electrons. The number of aromatic nitrogens is 1. The highest BCUT2D eigenvalue weighted by Crippen LogP contribution is 2.30. The summed E-state index contributed by atoms with van der Waals surface area (Å²) in [4.78, 5) is 11.6. The van der Waals surface area contributed by atoms with E-state index in [1.54, 1.807) is 0 Å². The third-order valence-electron chi connectivity index (χ3n) is 3.15. The highest BCUT2D eigenvalue weighted by Gasteiger charge is 2.18. The lowest BCUT2D eigenvalue weighted by Gasteiger charge is -2.19. The molecule has 0 saturated carbocycles. The van der Waals surface area contributed by atoms with Crippen LogP contribution in [0.5, 0.6) is 5.88 Å². The van der Waals surface area contributed by atoms with Gasteiger partial charge in [0, 0.05) is 5.56 Å². The molecule has 0 aliphatic heterocycles. The van der Waals surface area contributed by atoms with Gasteiger partial charge in [0.15, 0.2) is 5.76 Å². The second kappa shape index (κ2) is 7.86. The largest absolute Gasteiger partial charge is 0.473 e. The molecule has 130 valence electrons. The Morgan fingerprint density at radius 1 is 1.25 bits per heavy atom. The number of hydrogen-bond acceptors (Lipinski definition) is 5. The van der Waals surface area contributed by atoms with Crippen molar-refractivity contribution in [3.05, 3.63) is 35.9 Å². The van der Waals surface area contributed by atoms with E-state index >= 15 is 0 Å². The van der Waals surface area contributed by atoms with Crippen molar-refractivity contribution in [3.8, 4) is 17.2 Å². The second-order valence-electron chi connectivity index (χ2n) is 6.29. The van der Waals surface area contributed by atoms with Crippen LogP contribution in [0.2, 0.25) is 0 Å². The fourth-order valence-corrected chi connectivity index (χ4v) is 2.15. The fraction of sp³-hybridized carbons (Fsp3) is 0.444. The van der Waals surface area contributed by atoms with Crippen LogP contribution in [-0.2, 0) is 11.2 Å². The summed E-state index contributed by atoms with van der Waals surface area (Å²) >= 11 is 0. The lowest BCUT2D eigenvalue weighted by Crippen LogP contribution is -2.34. The number of rotatable bonds is 6. The van der Waals surface area contributed by atoms with Crippen molar-refractivity contribution in [2.24, 2.45) is 0 Å². The molecule has 0 bridgehead atoms. The van der Waals surface area contributed by atoms with Gasteiger partial charge in [-0.2, -0.15) is 0 Å². The number of alkyl carbamates (subject to hydrolysis) is 1. The molecule has 0 aliphatic rings. The fourth-order valence-electron chi connectivity index (χ4n) is 2.15. The van der Waals surface area contributed by atoms with Gasteiger partial charge in [-0.1, -0.05) is 37.3 Å². The minimum absolute atomic E-state index is 0.285. The molecule has 1 N–H and O–H groups in total. The monoisotopic (exact) mass is 332 g/mol. The van der Waals surface area contributed by atoms with E-state index in [0.717, 1.165) is 17.5 Å². The number of benzene rings is 1. The molecule has 2 aromatic rings. The average molecular weight is 332 g/mol. The molecular formula is C18H24N2O4. The molecule has 24 heavy (non-hydrogen) atoms. The SMILES string of the molecule is CCc1c(OCCNC(=O)OC(C)(C)C)noc1-c1ccccc1. The van der Waals surface area contributed by atoms with E-state index < -0.39 is 11.7 Å². The average Bonchev–Trinajstić information content (AvgIpc) is 2.93. The van der Waals surface area contributed by atoms with Gasteiger partial charge in [0.2, 0.25) is 0 Å². The molecule has 0 aliphatic carbocycles. The van der Waals surface area contributed by atoms with Crippen LogP contribution in [0.1, 0.15) is 33.3 Å². The maximum absolute atomic E-state index is 11.6. The summed E-state index contributed by atoms with van der Waals surface area (Å²) in [6, 6.07) is 9.78. The Bertz CT molecular complexity index is 659. The van der Waals surface area contributed by atoms with Crippen LogP contribution in [0.4, 0.5) is 4.79 Å². The number of nitrogens with zero attached hydrogens (tertiary/aromatic N) is 1. The van der Waals surface area contributed by atoms with Crippen LogP contribution in [0.15, 0.2) is 34.9 Å². The summed E-state index contributed by atoms with van der Waals surface area (Å²) in [6.07, 6.45) is 0.273. The number of carbonyl (C=O) groups excluding carboxylic acids is 1. The molecule has 0 atom stereocenters. The first-order valence-corrected chi connectivity index (χ1v) is 8.04. The van der Waals surface area contributed by atoms with Gasteiger partial charge >= 0.3 is 6.09 Å². The van der Waals surface area contributed by atoms with Crippen molar-refractivity contribution >= 4 is 6.09 Å². The van der Waals surface area contributed by atoms with Crippen LogP contribution >= 0.6 is 0 Å². The van der Waals surface area contributed by atoms with Crippen molar-refractivity contribution in [1.82, 2.24) is 10.5 Å². The lowest BCUT2D eigenvalue weighted by atomic mass is 10.1. The minimum atomic E-state index is -0.517. The summed E-state index contributed by atoms with van der Waals surface area (Å²) in [7, 11) is 0. The predicted octanol–water partition coefficient (Wildman–Crippen LogP) is 3.81. The molecule has 1 aromatic heterocycles. The molecule has 1 heterocycles. The Kier molecular flexibility index (Phi) is 5.84. The molecule has 6 heteroatoms. The zero-order chi connectivity index (χ0) is 17.6. The minimum Gasteiger partial charge on any atom is -0.473 e. The summed E-state index contributed by atoms with van der Waals surface area (Å²) in [5.74, 6) is 1.18. The van der Waals surface area contributed by atoms with Gasteiger partial charge in [0.25, 0.3) is 5.88 Å². The zero-order valence-electron chi connectivity index (χ0n) is 14.6. The second-order valence-corrected chi connectivity index (χ2v) is 6.29. The van der Waals surface area contributed by atoms with Crippen molar-refractivity contribution in [1.29, 1.82) is 0 Å².